The maximum Gasteiger partial charge on any atom is 0.259 e. The van der Waals surface area contributed by atoms with E-state index in [0.717, 1.165) is 16.7 Å². The average molecular weight is 900 g/mol. The van der Waals surface area contributed by atoms with Crippen molar-refractivity contribution in [1.82, 2.24) is 24.2 Å². The number of imidazole rings is 1. The van der Waals surface area contributed by atoms with Crippen molar-refractivity contribution < 1.29 is 32.8 Å². The van der Waals surface area contributed by atoms with Crippen LogP contribution in [0.3, 0.4) is 0 Å². The normalized spacial score (nSPS) is 16.9. The Morgan fingerprint density at radius 2 is 1.40 bits per heavy atom. The lowest BCUT2D eigenvalue weighted by Crippen LogP contribution is -2.39. The molecule has 4 unspecified atom stereocenters. The van der Waals surface area contributed by atoms with Crippen LogP contribution in [0.25, 0.3) is 11.2 Å². The molecule has 4 atom stereocenters. The van der Waals surface area contributed by atoms with Gasteiger partial charge in [-0.2, -0.15) is 5.26 Å². The van der Waals surface area contributed by atoms with Crippen molar-refractivity contribution in [2.45, 2.75) is 96.5 Å². The Balaban J connectivity index is 1.31. The van der Waals surface area contributed by atoms with E-state index in [2.05, 4.69) is 55.6 Å². The Morgan fingerprint density at radius 1 is 0.815 bits per heavy atom. The number of fused-ring (bicyclic) bond motifs is 1. The van der Waals surface area contributed by atoms with Gasteiger partial charge in [0.25, 0.3) is 14.4 Å². The topological polar surface area (TPSA) is 146 Å². The lowest BCUT2D eigenvalue weighted by molar-refractivity contribution is -0.0912. The number of amides is 1. The van der Waals surface area contributed by atoms with Crippen molar-refractivity contribution in [1.29, 1.82) is 5.26 Å². The zero-order valence-electron chi connectivity index (χ0n) is 38.3. The Labute approximate surface area is 383 Å². The maximum atomic E-state index is 14.0. The molecule has 14 nitrogen and oxygen atoms in total. The third-order valence-electron chi connectivity index (χ3n) is 11.3. The highest BCUT2D eigenvalue weighted by molar-refractivity contribution is 7.44. The van der Waals surface area contributed by atoms with Gasteiger partial charge in [-0.05, 0) is 94.6 Å². The molecule has 1 fully saturated rings. The molecule has 1 saturated heterocycles. The highest BCUT2D eigenvalue weighted by Crippen LogP contribution is 2.51. The molecular formula is C50H58N7O7P. The molecule has 0 aliphatic carbocycles. The van der Waals surface area contributed by atoms with Crippen LogP contribution in [0.2, 0.25) is 0 Å². The molecule has 2 aromatic heterocycles. The van der Waals surface area contributed by atoms with E-state index >= 15 is 0 Å². The predicted molar refractivity (Wildman–Crippen MR) is 251 cm³/mol. The Kier molecular flexibility index (Phi) is 15.6. The van der Waals surface area contributed by atoms with Crippen molar-refractivity contribution in [3.05, 3.63) is 144 Å². The van der Waals surface area contributed by atoms with E-state index in [9.17, 15) is 10.1 Å². The molecule has 3 heterocycles. The number of aromatic nitrogens is 4. The first kappa shape index (κ1) is 47.2. The van der Waals surface area contributed by atoms with E-state index in [1.807, 2.05) is 103 Å². The second kappa shape index (κ2) is 21.5. The van der Waals surface area contributed by atoms with Crippen LogP contribution in [-0.2, 0) is 24.1 Å². The van der Waals surface area contributed by atoms with Gasteiger partial charge < -0.3 is 28.0 Å². The molecule has 1 amide bonds. The van der Waals surface area contributed by atoms with Crippen LogP contribution < -0.4 is 14.4 Å². The first-order valence-corrected chi connectivity index (χ1v) is 23.1. The summed E-state index contributed by atoms with van der Waals surface area (Å²) >= 11 is 0. The third kappa shape index (κ3) is 10.2. The smallest absolute Gasteiger partial charge is 0.259 e. The van der Waals surface area contributed by atoms with E-state index in [-0.39, 0.29) is 43.7 Å². The molecule has 340 valence electrons. The summed E-state index contributed by atoms with van der Waals surface area (Å²) in [5.74, 6) is 1.63. The summed E-state index contributed by atoms with van der Waals surface area (Å²) in [5, 5.41) is 9.48. The molecule has 4 aromatic carbocycles. The van der Waals surface area contributed by atoms with E-state index in [0.29, 0.717) is 40.5 Å². The number of ether oxygens (including phenoxy) is 4. The van der Waals surface area contributed by atoms with Crippen LogP contribution in [-0.4, -0.2) is 87.9 Å². The molecule has 0 N–H and O–H groups in total. The highest BCUT2D eigenvalue weighted by atomic mass is 31.2. The summed E-state index contributed by atoms with van der Waals surface area (Å²) in [6, 6.07) is 37.1. The van der Waals surface area contributed by atoms with Gasteiger partial charge in [0.15, 0.2) is 17.0 Å². The van der Waals surface area contributed by atoms with Crippen LogP contribution >= 0.6 is 8.53 Å². The van der Waals surface area contributed by atoms with Crippen LogP contribution in [0.15, 0.2) is 122 Å². The molecule has 0 spiro atoms. The van der Waals surface area contributed by atoms with Gasteiger partial charge in [0.05, 0.1) is 52.4 Å². The van der Waals surface area contributed by atoms with Crippen LogP contribution in [0.4, 0.5) is 5.82 Å². The quantitative estimate of drug-likeness (QED) is 0.0408. The second-order valence-corrected chi connectivity index (χ2v) is 17.9. The lowest BCUT2D eigenvalue weighted by atomic mass is 9.80. The molecule has 1 aliphatic rings. The zero-order chi connectivity index (χ0) is 46.1. The standard InChI is InChI=1S/C50H58N7O7P/c1-34(2)56(49(58)37-16-11-9-12-17-37)48-46-47(52-32-53-48)55(33-54-46)45-30-43(64-65(62-29-15-28-51)57(35(3)4)36(5)6)44(63-45)31-61-50(38-18-13-10-14-19-38,39-20-24-41(59-7)25-21-39)40-22-26-42(60-8)27-23-40/h9-14,16-27,32-36,43-45H,15,29-31H2,1-8H3. The first-order valence-electron chi connectivity index (χ1n) is 22.0. The summed E-state index contributed by atoms with van der Waals surface area (Å²) in [7, 11) is 1.62. The molecule has 0 radical (unpaired) electrons. The number of hydrogen-bond acceptors (Lipinski definition) is 12. The van der Waals surface area contributed by atoms with Crippen LogP contribution in [0, 0.1) is 11.3 Å². The minimum Gasteiger partial charge on any atom is -0.497 e. The number of nitriles is 1. The van der Waals surface area contributed by atoms with Crippen molar-refractivity contribution >= 4 is 31.4 Å². The van der Waals surface area contributed by atoms with Crippen molar-refractivity contribution in [3.8, 4) is 17.6 Å². The van der Waals surface area contributed by atoms with E-state index in [4.69, 9.17) is 38.0 Å². The molecule has 7 rings (SSSR count). The Morgan fingerprint density at radius 3 is 1.95 bits per heavy atom. The summed E-state index contributed by atoms with van der Waals surface area (Å²) in [5.41, 5.74) is 3.02. The van der Waals surface area contributed by atoms with Crippen molar-refractivity contribution in [2.75, 3.05) is 32.3 Å². The summed E-state index contributed by atoms with van der Waals surface area (Å²) in [6.07, 6.45) is 1.92. The monoisotopic (exact) mass is 899 g/mol. The summed E-state index contributed by atoms with van der Waals surface area (Å²) in [4.78, 5) is 29.8. The van der Waals surface area contributed by atoms with E-state index in [1.54, 1.807) is 37.6 Å². The number of anilines is 1. The molecule has 1 aliphatic heterocycles. The van der Waals surface area contributed by atoms with Gasteiger partial charge in [-0.3, -0.25) is 14.3 Å². The molecule has 0 saturated carbocycles. The number of benzene rings is 4. The Bertz CT molecular complexity index is 2440. The van der Waals surface area contributed by atoms with Gasteiger partial charge >= 0.3 is 0 Å². The van der Waals surface area contributed by atoms with Gasteiger partial charge in [-0.15, -0.1) is 0 Å². The highest BCUT2D eigenvalue weighted by Gasteiger charge is 2.45. The van der Waals surface area contributed by atoms with Gasteiger partial charge in [0, 0.05) is 30.1 Å². The zero-order valence-corrected chi connectivity index (χ0v) is 39.2. The number of rotatable bonds is 20. The van der Waals surface area contributed by atoms with Crippen molar-refractivity contribution in [2.24, 2.45) is 0 Å². The van der Waals surface area contributed by atoms with Crippen LogP contribution in [0.5, 0.6) is 11.5 Å². The lowest BCUT2D eigenvalue weighted by Gasteiger charge is -2.39. The van der Waals surface area contributed by atoms with Crippen molar-refractivity contribution in [3.63, 3.8) is 0 Å². The van der Waals surface area contributed by atoms with E-state index < -0.39 is 32.6 Å². The third-order valence-corrected chi connectivity index (χ3v) is 13.5. The summed E-state index contributed by atoms with van der Waals surface area (Å²) < 4.78 is 43.3. The molecule has 6 aromatic rings. The van der Waals surface area contributed by atoms with Crippen LogP contribution in [0.1, 0.15) is 87.7 Å². The molecular weight excluding hydrogens is 842 g/mol. The minimum absolute atomic E-state index is 0.0714. The predicted octanol–water partition coefficient (Wildman–Crippen LogP) is 9.86. The van der Waals surface area contributed by atoms with E-state index in [1.165, 1.54) is 6.33 Å². The average Bonchev–Trinajstić information content (AvgIpc) is 3.94. The number of hydrogen-bond donors (Lipinski definition) is 0. The fourth-order valence-electron chi connectivity index (χ4n) is 8.35. The van der Waals surface area contributed by atoms with Gasteiger partial charge in [0.2, 0.25) is 0 Å². The first-order chi connectivity index (χ1) is 31.5. The number of nitrogens with zero attached hydrogens (tertiary/aromatic N) is 7. The minimum atomic E-state index is -1.67. The second-order valence-electron chi connectivity index (χ2n) is 16.5. The molecule has 65 heavy (non-hydrogen) atoms. The summed E-state index contributed by atoms with van der Waals surface area (Å²) in [6.45, 7) is 12.6. The Hall–Kier alpha value is -5.78. The maximum absolute atomic E-state index is 14.0. The fraction of sp³-hybridized carbons (Fsp3) is 0.380. The molecule has 0 bridgehead atoms. The molecule has 15 heteroatoms. The number of methoxy groups -OCH3 is 2. The SMILES string of the molecule is COc1ccc(C(OCC2OC(n3cnc4c(N(C(=O)c5ccccc5)C(C)C)ncnc43)CC2OP(OCCC#N)N(C(C)C)C(C)C)(c2ccccc2)c2ccc(OC)cc2)cc1. The number of carbonyl (C=O) groups excluding carboxylic acids is 1. The number of carbonyl (C=O) groups is 1. The van der Waals surface area contributed by atoms with Gasteiger partial charge in [0.1, 0.15) is 35.8 Å². The van der Waals surface area contributed by atoms with Gasteiger partial charge in [-0.1, -0.05) is 72.8 Å². The largest absolute Gasteiger partial charge is 0.497 e. The fourth-order valence-corrected chi connectivity index (χ4v) is 10.1. The van der Waals surface area contributed by atoms with Gasteiger partial charge in [-0.25, -0.2) is 19.6 Å².